The predicted molar refractivity (Wildman–Crippen MR) is 209 cm³/mol. The number of benzene rings is 7. The summed E-state index contributed by atoms with van der Waals surface area (Å²) >= 11 is 1.69. The molecule has 3 heterocycles. The first-order chi connectivity index (χ1) is 24.7. The van der Waals surface area contributed by atoms with Crippen LogP contribution in [0.5, 0.6) is 0 Å². The number of hydrogen-bond donors (Lipinski definition) is 0. The minimum Gasteiger partial charge on any atom is -0.456 e. The van der Waals surface area contributed by atoms with Crippen LogP contribution in [0.3, 0.4) is 0 Å². The molecule has 0 fully saturated rings. The van der Waals surface area contributed by atoms with Crippen molar-refractivity contribution < 1.29 is 4.42 Å². The molecule has 10 aromatic rings. The van der Waals surface area contributed by atoms with Gasteiger partial charge in [0, 0.05) is 59.5 Å². The molecule has 0 atom stereocenters. The van der Waals surface area contributed by atoms with Gasteiger partial charge in [0.25, 0.3) is 0 Å². The van der Waals surface area contributed by atoms with Crippen LogP contribution in [0.4, 0.5) is 0 Å². The number of fused-ring (bicyclic) bond motifs is 9. The summed E-state index contributed by atoms with van der Waals surface area (Å²) in [7, 11) is 0. The third-order valence-corrected chi connectivity index (χ3v) is 10.4. The molecule has 10 rings (SSSR count). The molecular formula is C45H31N3OS. The molecule has 0 spiro atoms. The Hall–Kier alpha value is -6.22. The zero-order valence-corrected chi connectivity index (χ0v) is 28.4. The molecule has 0 aliphatic carbocycles. The average Bonchev–Trinajstić information content (AvgIpc) is 3.81. The number of hydrogen-bond acceptors (Lipinski definition) is 3. The zero-order valence-electron chi connectivity index (χ0n) is 27.6. The fourth-order valence-corrected chi connectivity index (χ4v) is 8.04. The Bertz CT molecular complexity index is 2910. The van der Waals surface area contributed by atoms with E-state index in [1.54, 1.807) is 11.8 Å². The van der Waals surface area contributed by atoms with Crippen molar-refractivity contribution in [1.29, 1.82) is 5.26 Å². The van der Waals surface area contributed by atoms with E-state index in [1.807, 2.05) is 50.2 Å². The van der Waals surface area contributed by atoms with Crippen molar-refractivity contribution in [1.82, 2.24) is 9.13 Å². The van der Waals surface area contributed by atoms with Gasteiger partial charge in [0.1, 0.15) is 11.2 Å². The molecule has 0 saturated heterocycles. The van der Waals surface area contributed by atoms with Crippen LogP contribution in [0.2, 0.25) is 0 Å². The lowest BCUT2D eigenvalue weighted by molar-refractivity contribution is 0.669. The van der Waals surface area contributed by atoms with E-state index < -0.39 is 0 Å². The zero-order chi connectivity index (χ0) is 33.8. The topological polar surface area (TPSA) is 46.8 Å². The van der Waals surface area contributed by atoms with E-state index in [2.05, 4.69) is 130 Å². The quantitative estimate of drug-likeness (QED) is 0.189. The molecule has 0 aliphatic rings. The average molecular weight is 662 g/mol. The Labute approximate surface area is 293 Å². The molecule has 0 bridgehead atoms. The van der Waals surface area contributed by atoms with Gasteiger partial charge in [0.2, 0.25) is 0 Å². The van der Waals surface area contributed by atoms with Gasteiger partial charge in [-0.25, -0.2) is 0 Å². The van der Waals surface area contributed by atoms with Crippen molar-refractivity contribution in [3.63, 3.8) is 0 Å². The summed E-state index contributed by atoms with van der Waals surface area (Å²) in [6.45, 7) is 4.00. The third-order valence-electron chi connectivity index (χ3n) is 9.39. The highest BCUT2D eigenvalue weighted by Gasteiger charge is 2.20. The first-order valence-electron chi connectivity index (χ1n) is 16.9. The fraction of sp³-hybridized carbons (Fsp3) is 0.0444. The summed E-state index contributed by atoms with van der Waals surface area (Å²) in [5.74, 6) is 0. The first-order valence-corrected chi connectivity index (χ1v) is 17.7. The summed E-state index contributed by atoms with van der Waals surface area (Å²) in [5, 5.41) is 16.3. The second-order valence-corrected chi connectivity index (χ2v) is 13.3. The molecule has 4 nitrogen and oxygen atoms in total. The van der Waals surface area contributed by atoms with E-state index in [4.69, 9.17) is 4.42 Å². The van der Waals surface area contributed by atoms with Gasteiger partial charge < -0.3 is 13.6 Å². The first kappa shape index (κ1) is 29.9. The van der Waals surface area contributed by atoms with E-state index in [1.165, 1.54) is 32.6 Å². The standard InChI is InChI=1S/C43H25N3OS.C2H6/c44-26-27-14-18-30(19-15-27)48-31-20-16-29(17-21-31)46-40-23-35-32-10-4-6-12-38(32)45(28-8-2-1-3-9-28)39(35)24-36(40)34-22-37-33-11-5-7-13-42(33)47-43(37)25-41(34)46;1-2/h1-25H;1-2H3. The van der Waals surface area contributed by atoms with E-state index in [-0.39, 0.29) is 0 Å². The van der Waals surface area contributed by atoms with Crippen molar-refractivity contribution >= 4 is 77.3 Å². The van der Waals surface area contributed by atoms with Gasteiger partial charge in [-0.3, -0.25) is 0 Å². The van der Waals surface area contributed by atoms with Crippen molar-refractivity contribution in [2.45, 2.75) is 23.6 Å². The lowest BCUT2D eigenvalue weighted by Crippen LogP contribution is -1.94. The van der Waals surface area contributed by atoms with Gasteiger partial charge in [-0.05, 0) is 91.0 Å². The number of furan rings is 1. The Morgan fingerprint density at radius 2 is 1.00 bits per heavy atom. The second kappa shape index (κ2) is 12.0. The maximum atomic E-state index is 9.18. The monoisotopic (exact) mass is 661 g/mol. The van der Waals surface area contributed by atoms with Crippen LogP contribution in [-0.2, 0) is 0 Å². The smallest absolute Gasteiger partial charge is 0.137 e. The highest BCUT2D eigenvalue weighted by atomic mass is 32.2. The number of aromatic nitrogens is 2. The van der Waals surface area contributed by atoms with Gasteiger partial charge in [0.15, 0.2) is 0 Å². The molecule has 0 aliphatic heterocycles. The van der Waals surface area contributed by atoms with Crippen LogP contribution in [-0.4, -0.2) is 9.13 Å². The maximum Gasteiger partial charge on any atom is 0.137 e. The van der Waals surface area contributed by atoms with Crippen LogP contribution < -0.4 is 0 Å². The Morgan fingerprint density at radius 3 is 1.72 bits per heavy atom. The predicted octanol–water partition coefficient (Wildman–Crippen LogP) is 12.8. The highest BCUT2D eigenvalue weighted by Crippen LogP contribution is 2.42. The fourth-order valence-electron chi connectivity index (χ4n) is 7.23. The molecule has 5 heteroatoms. The highest BCUT2D eigenvalue weighted by molar-refractivity contribution is 7.99. The Kier molecular flexibility index (Phi) is 7.19. The van der Waals surface area contributed by atoms with Crippen LogP contribution in [0.25, 0.3) is 76.9 Å². The molecule has 3 aromatic heterocycles. The van der Waals surface area contributed by atoms with Crippen molar-refractivity contribution in [3.8, 4) is 17.4 Å². The summed E-state index contributed by atoms with van der Waals surface area (Å²) in [6, 6.07) is 55.5. The van der Waals surface area contributed by atoms with Gasteiger partial charge in [-0.2, -0.15) is 5.26 Å². The molecule has 0 amide bonds. The summed E-state index contributed by atoms with van der Waals surface area (Å²) in [5.41, 5.74) is 9.29. The maximum absolute atomic E-state index is 9.18. The molecular weight excluding hydrogens is 631 g/mol. The second-order valence-electron chi connectivity index (χ2n) is 12.1. The van der Waals surface area contributed by atoms with Crippen LogP contribution >= 0.6 is 11.8 Å². The largest absolute Gasteiger partial charge is 0.456 e. The number of rotatable bonds is 4. The van der Waals surface area contributed by atoms with E-state index in [0.717, 1.165) is 54.1 Å². The van der Waals surface area contributed by atoms with Crippen LogP contribution in [0.1, 0.15) is 19.4 Å². The van der Waals surface area contributed by atoms with Gasteiger partial charge in [0.05, 0.1) is 33.7 Å². The number of nitrogens with zero attached hydrogens (tertiary/aromatic N) is 3. The summed E-state index contributed by atoms with van der Waals surface area (Å²) in [6.07, 6.45) is 0. The Morgan fingerprint density at radius 1 is 0.460 bits per heavy atom. The van der Waals surface area contributed by atoms with Gasteiger partial charge in [-0.1, -0.05) is 80.2 Å². The minimum atomic E-state index is 0.667. The number of para-hydroxylation sites is 3. The SMILES string of the molecule is CC.N#Cc1ccc(Sc2ccc(-n3c4cc5oc6ccccc6c5cc4c4cc5c(cc43)c3ccccc3n5-c3ccccc3)cc2)cc1. The summed E-state index contributed by atoms with van der Waals surface area (Å²) in [4.78, 5) is 2.24. The minimum absolute atomic E-state index is 0.667. The van der Waals surface area contributed by atoms with E-state index in [9.17, 15) is 5.26 Å². The third kappa shape index (κ3) is 4.69. The van der Waals surface area contributed by atoms with Crippen molar-refractivity contribution in [2.24, 2.45) is 0 Å². The van der Waals surface area contributed by atoms with Crippen LogP contribution in [0, 0.1) is 11.3 Å². The molecule has 238 valence electrons. The lowest BCUT2D eigenvalue weighted by atomic mass is 10.1. The van der Waals surface area contributed by atoms with Crippen LogP contribution in [0.15, 0.2) is 166 Å². The molecule has 0 unspecified atom stereocenters. The molecule has 0 saturated carbocycles. The number of nitriles is 1. The normalized spacial score (nSPS) is 11.5. The van der Waals surface area contributed by atoms with E-state index in [0.29, 0.717) is 5.56 Å². The Balaban J connectivity index is 0.00000165. The van der Waals surface area contributed by atoms with Crippen molar-refractivity contribution in [2.75, 3.05) is 0 Å². The summed E-state index contributed by atoms with van der Waals surface area (Å²) < 4.78 is 11.2. The van der Waals surface area contributed by atoms with Crippen molar-refractivity contribution in [3.05, 3.63) is 157 Å². The lowest BCUT2D eigenvalue weighted by Gasteiger charge is -2.10. The molecule has 50 heavy (non-hydrogen) atoms. The van der Waals surface area contributed by atoms with Gasteiger partial charge >= 0.3 is 0 Å². The molecule has 0 N–H and O–H groups in total. The molecule has 0 radical (unpaired) electrons. The van der Waals surface area contributed by atoms with E-state index >= 15 is 0 Å². The molecule has 7 aromatic carbocycles. The van der Waals surface area contributed by atoms with Gasteiger partial charge in [-0.15, -0.1) is 0 Å².